The molecule has 0 N–H and O–H groups in total. The maximum atomic E-state index is 13.4. The number of fused-ring (bicyclic) bond motifs is 1. The van der Waals surface area contributed by atoms with Crippen molar-refractivity contribution in [3.05, 3.63) is 66.1 Å². The monoisotopic (exact) mass is 436 g/mol. The highest BCUT2D eigenvalue weighted by molar-refractivity contribution is 7.99. The van der Waals surface area contributed by atoms with Crippen molar-refractivity contribution >= 4 is 23.4 Å². The number of hydrogen-bond acceptors (Lipinski definition) is 7. The Morgan fingerprint density at radius 3 is 2.65 bits per heavy atom. The van der Waals surface area contributed by atoms with E-state index in [0.29, 0.717) is 24.3 Å². The number of ether oxygens (including phenoxy) is 1. The summed E-state index contributed by atoms with van der Waals surface area (Å²) < 4.78 is 11.7. The molecule has 7 nitrogen and oxygen atoms in total. The molecule has 8 heteroatoms. The maximum absolute atomic E-state index is 13.4. The number of anilines is 1. The molecular formula is C23H24N4O3S. The number of thioether (sulfide) groups is 1. The molecule has 1 unspecified atom stereocenters. The Morgan fingerprint density at radius 1 is 1.03 bits per heavy atom. The summed E-state index contributed by atoms with van der Waals surface area (Å²) in [5.74, 6) is 1.52. The van der Waals surface area contributed by atoms with Crippen molar-refractivity contribution in [3.63, 3.8) is 0 Å². The number of carbonyl (C=O) groups is 1. The number of benzene rings is 2. The molecule has 0 radical (unpaired) electrons. The van der Waals surface area contributed by atoms with Crippen molar-refractivity contribution < 1.29 is 13.9 Å². The number of aromatic nitrogens is 2. The molecule has 0 aliphatic carbocycles. The molecule has 1 aromatic heterocycles. The van der Waals surface area contributed by atoms with Crippen molar-refractivity contribution in [2.24, 2.45) is 0 Å². The quantitative estimate of drug-likeness (QED) is 0.542. The lowest BCUT2D eigenvalue weighted by Gasteiger charge is -2.37. The molecule has 1 atom stereocenters. The van der Waals surface area contributed by atoms with E-state index >= 15 is 0 Å². The fraction of sp³-hybridized carbons (Fsp3) is 0.348. The summed E-state index contributed by atoms with van der Waals surface area (Å²) >= 11 is 1.28. The zero-order valence-electron chi connectivity index (χ0n) is 17.1. The summed E-state index contributed by atoms with van der Waals surface area (Å²) in [5, 5.41) is 8.70. The fourth-order valence-corrected chi connectivity index (χ4v) is 4.74. The zero-order valence-corrected chi connectivity index (χ0v) is 18.0. The first-order chi connectivity index (χ1) is 15.3. The van der Waals surface area contributed by atoms with E-state index in [1.54, 1.807) is 0 Å². The van der Waals surface area contributed by atoms with E-state index in [1.807, 2.05) is 59.5 Å². The highest BCUT2D eigenvalue weighted by Crippen LogP contribution is 2.39. The number of para-hydroxylation sites is 2. The summed E-state index contributed by atoms with van der Waals surface area (Å²) in [6.07, 6.45) is 2.43. The van der Waals surface area contributed by atoms with E-state index in [4.69, 9.17) is 9.15 Å². The second-order valence-corrected chi connectivity index (χ2v) is 8.63. The Balaban J connectivity index is 1.31. The molecule has 0 spiro atoms. The third-order valence-electron chi connectivity index (χ3n) is 5.61. The average molecular weight is 437 g/mol. The van der Waals surface area contributed by atoms with E-state index in [0.717, 1.165) is 30.1 Å². The van der Waals surface area contributed by atoms with Gasteiger partial charge in [-0.2, -0.15) is 0 Å². The normalized spacial score (nSPS) is 18.6. The van der Waals surface area contributed by atoms with E-state index in [2.05, 4.69) is 15.1 Å². The third-order valence-corrected chi connectivity index (χ3v) is 6.41. The fourth-order valence-electron chi connectivity index (χ4n) is 4.10. The van der Waals surface area contributed by atoms with Crippen molar-refractivity contribution in [2.75, 3.05) is 30.3 Å². The van der Waals surface area contributed by atoms with Crippen LogP contribution in [-0.4, -0.2) is 46.5 Å². The predicted molar refractivity (Wildman–Crippen MR) is 118 cm³/mol. The molecule has 1 amide bonds. The van der Waals surface area contributed by atoms with E-state index < -0.39 is 0 Å². The molecule has 3 aromatic rings. The van der Waals surface area contributed by atoms with Gasteiger partial charge in [0, 0.05) is 0 Å². The van der Waals surface area contributed by atoms with E-state index in [9.17, 15) is 4.79 Å². The summed E-state index contributed by atoms with van der Waals surface area (Å²) in [6.45, 7) is 3.23. The van der Waals surface area contributed by atoms with Gasteiger partial charge in [0.05, 0.1) is 24.0 Å². The lowest BCUT2D eigenvalue weighted by molar-refractivity contribution is -0.117. The van der Waals surface area contributed by atoms with Gasteiger partial charge in [0.2, 0.25) is 11.8 Å². The first-order valence-electron chi connectivity index (χ1n) is 10.5. The number of hydrogen-bond donors (Lipinski definition) is 0. The van der Waals surface area contributed by atoms with Crippen LogP contribution in [0.15, 0.2) is 64.2 Å². The molecule has 1 saturated heterocycles. The van der Waals surface area contributed by atoms with Gasteiger partial charge in [0.1, 0.15) is 12.4 Å². The topological polar surface area (TPSA) is 71.7 Å². The van der Waals surface area contributed by atoms with E-state index in [1.165, 1.54) is 24.6 Å². The summed E-state index contributed by atoms with van der Waals surface area (Å²) in [5.41, 5.74) is 1.83. The van der Waals surface area contributed by atoms with Crippen molar-refractivity contribution in [3.8, 4) is 5.75 Å². The van der Waals surface area contributed by atoms with Crippen LogP contribution in [0.25, 0.3) is 0 Å². The lowest BCUT2D eigenvalue weighted by atomic mass is 10.0. The number of nitrogens with zero attached hydrogens (tertiary/aromatic N) is 4. The van der Waals surface area contributed by atoms with Crippen LogP contribution in [0.4, 0.5) is 5.69 Å². The lowest BCUT2D eigenvalue weighted by Crippen LogP contribution is -2.42. The Kier molecular flexibility index (Phi) is 5.90. The summed E-state index contributed by atoms with van der Waals surface area (Å²) in [7, 11) is 0. The largest absolute Gasteiger partial charge is 0.489 e. The van der Waals surface area contributed by atoms with Crippen molar-refractivity contribution in [1.29, 1.82) is 0 Å². The highest BCUT2D eigenvalue weighted by atomic mass is 32.2. The third kappa shape index (κ3) is 4.45. The molecule has 5 rings (SSSR count). The standard InChI is InChI=1S/C23H24N4O3S/c28-22(16-31-23-25-24-21(30-23)14-26-12-6-7-13-26)27-18-10-4-5-11-20(18)29-15-19(27)17-8-2-1-3-9-17/h1-5,8-11,19H,6-7,12-16H2. The molecule has 31 heavy (non-hydrogen) atoms. The number of rotatable bonds is 6. The minimum absolute atomic E-state index is 0.0195. The number of amides is 1. The van der Waals surface area contributed by atoms with E-state index in [-0.39, 0.29) is 17.7 Å². The highest BCUT2D eigenvalue weighted by Gasteiger charge is 2.33. The van der Waals surface area contributed by atoms with Gasteiger partial charge in [-0.3, -0.25) is 14.6 Å². The maximum Gasteiger partial charge on any atom is 0.277 e. The average Bonchev–Trinajstić information content (AvgIpc) is 3.50. The van der Waals surface area contributed by atoms with Crippen LogP contribution in [0.3, 0.4) is 0 Å². The van der Waals surface area contributed by atoms with Gasteiger partial charge < -0.3 is 9.15 Å². The van der Waals surface area contributed by atoms with Gasteiger partial charge in [-0.15, -0.1) is 10.2 Å². The first-order valence-corrected chi connectivity index (χ1v) is 11.5. The second-order valence-electron chi connectivity index (χ2n) is 7.70. The molecule has 2 aromatic carbocycles. The molecule has 1 fully saturated rings. The second kappa shape index (κ2) is 9.11. The zero-order chi connectivity index (χ0) is 21.0. The van der Waals surface area contributed by atoms with Gasteiger partial charge in [-0.1, -0.05) is 54.2 Å². The number of likely N-dealkylation sites (tertiary alicyclic amines) is 1. The van der Waals surface area contributed by atoms with Gasteiger partial charge >= 0.3 is 0 Å². The molecular weight excluding hydrogens is 412 g/mol. The molecule has 0 bridgehead atoms. The molecule has 2 aliphatic heterocycles. The molecule has 2 aliphatic rings. The predicted octanol–water partition coefficient (Wildman–Crippen LogP) is 3.92. The van der Waals surface area contributed by atoms with Crippen LogP contribution in [0.1, 0.15) is 30.3 Å². The van der Waals surface area contributed by atoms with Gasteiger partial charge in [0.25, 0.3) is 5.22 Å². The first kappa shape index (κ1) is 20.1. The van der Waals surface area contributed by atoms with Crippen molar-refractivity contribution in [2.45, 2.75) is 30.7 Å². The SMILES string of the molecule is O=C(CSc1nnc(CN2CCCC2)o1)N1c2ccccc2OCC1c1ccccc1. The number of carbonyl (C=O) groups excluding carboxylic acids is 1. The minimum Gasteiger partial charge on any atom is -0.489 e. The summed E-state index contributed by atoms with van der Waals surface area (Å²) in [6, 6.07) is 17.5. The van der Waals surface area contributed by atoms with Gasteiger partial charge in [-0.05, 0) is 43.6 Å². The van der Waals surface area contributed by atoms with Crippen LogP contribution < -0.4 is 9.64 Å². The van der Waals surface area contributed by atoms with Gasteiger partial charge in [-0.25, -0.2) is 0 Å². The Morgan fingerprint density at radius 2 is 1.81 bits per heavy atom. The Labute approximate surface area is 185 Å². The molecule has 0 saturated carbocycles. The Bertz CT molecular complexity index is 1040. The molecule has 3 heterocycles. The van der Waals surface area contributed by atoms with Crippen LogP contribution >= 0.6 is 11.8 Å². The van der Waals surface area contributed by atoms with Crippen LogP contribution in [-0.2, 0) is 11.3 Å². The van der Waals surface area contributed by atoms with Gasteiger partial charge in [0.15, 0.2) is 0 Å². The minimum atomic E-state index is -0.183. The Hall–Kier alpha value is -2.84. The summed E-state index contributed by atoms with van der Waals surface area (Å²) in [4.78, 5) is 17.5. The molecule has 160 valence electrons. The van der Waals surface area contributed by atoms with Crippen molar-refractivity contribution in [1.82, 2.24) is 15.1 Å². The van der Waals surface area contributed by atoms with Crippen LogP contribution in [0.2, 0.25) is 0 Å². The smallest absolute Gasteiger partial charge is 0.277 e. The van der Waals surface area contributed by atoms with Crippen LogP contribution in [0.5, 0.6) is 5.75 Å². The van der Waals surface area contributed by atoms with Crippen LogP contribution in [0, 0.1) is 0 Å².